The Kier molecular flexibility index (Phi) is 2.80. The molecule has 0 bridgehead atoms. The van der Waals surface area contributed by atoms with Crippen molar-refractivity contribution in [3.63, 3.8) is 0 Å². The number of hydrogen-bond acceptors (Lipinski definition) is 5. The second-order valence-corrected chi connectivity index (χ2v) is 8.59. The topological polar surface area (TPSA) is 87.7 Å². The van der Waals surface area contributed by atoms with E-state index in [1.165, 1.54) is 6.26 Å². The Labute approximate surface area is 145 Å². The Morgan fingerprint density at radius 2 is 1.92 bits per heavy atom. The molecular weight excluding hydrogens is 320 g/mol. The number of allylic oxidation sites excluding steroid dienone is 1. The number of rotatable bonds is 0. The highest BCUT2D eigenvalue weighted by molar-refractivity contribution is 6.12. The Bertz CT molecular complexity index is 861. The van der Waals surface area contributed by atoms with Gasteiger partial charge < -0.3 is 14.6 Å². The lowest BCUT2D eigenvalue weighted by Crippen LogP contribution is -2.49. The van der Waals surface area contributed by atoms with Crippen molar-refractivity contribution in [3.8, 4) is 0 Å². The van der Waals surface area contributed by atoms with Crippen LogP contribution in [0.3, 0.4) is 0 Å². The summed E-state index contributed by atoms with van der Waals surface area (Å²) in [6, 6.07) is 0. The van der Waals surface area contributed by atoms with Crippen molar-refractivity contribution >= 4 is 11.6 Å². The van der Waals surface area contributed by atoms with Crippen molar-refractivity contribution in [2.45, 2.75) is 63.6 Å². The van der Waals surface area contributed by atoms with Gasteiger partial charge in [0.05, 0.1) is 18.5 Å². The van der Waals surface area contributed by atoms with Gasteiger partial charge in [-0.3, -0.25) is 9.59 Å². The van der Waals surface area contributed by atoms with E-state index < -0.39 is 23.0 Å². The molecule has 1 fully saturated rings. The fourth-order valence-electron chi connectivity index (χ4n) is 6.06. The van der Waals surface area contributed by atoms with Crippen LogP contribution in [0.1, 0.15) is 73.7 Å². The van der Waals surface area contributed by atoms with E-state index in [9.17, 15) is 19.8 Å². The van der Waals surface area contributed by atoms with Crippen molar-refractivity contribution in [1.82, 2.24) is 0 Å². The predicted molar refractivity (Wildman–Crippen MR) is 88.1 cm³/mol. The van der Waals surface area contributed by atoms with Crippen LogP contribution in [-0.4, -0.2) is 27.9 Å². The third kappa shape index (κ3) is 1.62. The highest BCUT2D eigenvalue weighted by Gasteiger charge is 2.60. The second kappa shape index (κ2) is 4.51. The van der Waals surface area contributed by atoms with Crippen LogP contribution in [0.5, 0.6) is 0 Å². The lowest BCUT2D eigenvalue weighted by atomic mass is 9.53. The number of fused-ring (bicyclic) bond motifs is 3. The van der Waals surface area contributed by atoms with Gasteiger partial charge in [-0.1, -0.05) is 13.8 Å². The second-order valence-electron chi connectivity index (χ2n) is 8.59. The summed E-state index contributed by atoms with van der Waals surface area (Å²) in [6.45, 7) is 3.93. The van der Waals surface area contributed by atoms with Crippen molar-refractivity contribution in [1.29, 1.82) is 0 Å². The molecule has 1 saturated carbocycles. The molecule has 5 nitrogen and oxygen atoms in total. The summed E-state index contributed by atoms with van der Waals surface area (Å²) in [6.07, 6.45) is 2.79. The van der Waals surface area contributed by atoms with Crippen LogP contribution < -0.4 is 0 Å². The van der Waals surface area contributed by atoms with E-state index in [2.05, 4.69) is 0 Å². The van der Waals surface area contributed by atoms with E-state index in [-0.39, 0.29) is 17.5 Å². The van der Waals surface area contributed by atoms with Crippen molar-refractivity contribution in [3.05, 3.63) is 34.3 Å². The first-order valence-corrected chi connectivity index (χ1v) is 9.09. The van der Waals surface area contributed by atoms with E-state index in [4.69, 9.17) is 4.42 Å². The predicted octanol–water partition coefficient (Wildman–Crippen LogP) is 2.61. The summed E-state index contributed by atoms with van der Waals surface area (Å²) in [4.78, 5) is 25.8. The van der Waals surface area contributed by atoms with E-state index in [0.29, 0.717) is 49.0 Å². The molecule has 4 aliphatic rings. The van der Waals surface area contributed by atoms with E-state index in [1.54, 1.807) is 0 Å². The van der Waals surface area contributed by atoms with Gasteiger partial charge in [-0.05, 0) is 31.3 Å². The van der Waals surface area contributed by atoms with Gasteiger partial charge in [-0.25, -0.2) is 0 Å². The largest absolute Gasteiger partial charge is 0.460 e. The molecule has 2 N–H and O–H groups in total. The van der Waals surface area contributed by atoms with E-state index in [0.717, 1.165) is 11.1 Å². The SMILES string of the molecule is C[C@]12CC[C@H](O)c3coc(c31)C(=O)C1=C2[C@@H](O)C[C@]2(C)C(=O)CCC12. The molecule has 132 valence electrons. The van der Waals surface area contributed by atoms with Gasteiger partial charge >= 0.3 is 0 Å². The number of aliphatic hydroxyl groups is 2. The van der Waals surface area contributed by atoms with Crippen LogP contribution in [-0.2, 0) is 10.2 Å². The molecule has 0 saturated heterocycles. The first-order chi connectivity index (χ1) is 11.8. The molecule has 5 atom stereocenters. The zero-order valence-corrected chi connectivity index (χ0v) is 14.5. The first-order valence-electron chi connectivity index (χ1n) is 9.09. The van der Waals surface area contributed by atoms with Gasteiger partial charge in [-0.2, -0.15) is 0 Å². The number of furan rings is 1. The number of Topliss-reactive ketones (excluding diaryl/α,β-unsaturated/α-hetero) is 2. The lowest BCUT2D eigenvalue weighted by Gasteiger charge is -2.49. The Morgan fingerprint density at radius 3 is 2.68 bits per heavy atom. The molecule has 25 heavy (non-hydrogen) atoms. The molecule has 5 rings (SSSR count). The number of aliphatic hydroxyl groups excluding tert-OH is 2. The molecule has 0 aromatic carbocycles. The Balaban J connectivity index is 1.80. The maximum Gasteiger partial charge on any atom is 0.224 e. The lowest BCUT2D eigenvalue weighted by molar-refractivity contribution is -0.127. The Morgan fingerprint density at radius 1 is 1.16 bits per heavy atom. The number of carbonyl (C=O) groups excluding carboxylic acids is 2. The number of carbonyl (C=O) groups is 2. The minimum Gasteiger partial charge on any atom is -0.460 e. The molecule has 5 heteroatoms. The molecule has 0 aliphatic heterocycles. The third-order valence-corrected chi connectivity index (χ3v) is 7.35. The summed E-state index contributed by atoms with van der Waals surface area (Å²) < 4.78 is 5.62. The molecular formula is C20H22O5. The van der Waals surface area contributed by atoms with Gasteiger partial charge in [0.15, 0.2) is 5.76 Å². The van der Waals surface area contributed by atoms with Crippen LogP contribution in [0.2, 0.25) is 0 Å². The Hall–Kier alpha value is -1.72. The third-order valence-electron chi connectivity index (χ3n) is 7.35. The van der Waals surface area contributed by atoms with Gasteiger partial charge in [0.1, 0.15) is 5.78 Å². The van der Waals surface area contributed by atoms with E-state index >= 15 is 0 Å². The van der Waals surface area contributed by atoms with Gasteiger partial charge in [-0.15, -0.1) is 0 Å². The normalized spacial score (nSPS) is 42.3. The quantitative estimate of drug-likeness (QED) is 0.757. The average molecular weight is 342 g/mol. The van der Waals surface area contributed by atoms with Crippen LogP contribution in [0.4, 0.5) is 0 Å². The summed E-state index contributed by atoms with van der Waals surface area (Å²) in [5.41, 5.74) is 1.64. The molecule has 0 amide bonds. The summed E-state index contributed by atoms with van der Waals surface area (Å²) in [7, 11) is 0. The number of hydrogen-bond donors (Lipinski definition) is 2. The zero-order chi connectivity index (χ0) is 17.7. The van der Waals surface area contributed by atoms with Crippen molar-refractivity contribution in [2.24, 2.45) is 11.3 Å². The van der Waals surface area contributed by atoms with Crippen LogP contribution in [0.25, 0.3) is 0 Å². The number of ketones is 2. The maximum absolute atomic E-state index is 13.3. The van der Waals surface area contributed by atoms with Gasteiger partial charge in [0, 0.05) is 39.9 Å². The van der Waals surface area contributed by atoms with Crippen LogP contribution >= 0.6 is 0 Å². The summed E-state index contributed by atoms with van der Waals surface area (Å²) >= 11 is 0. The standard InChI is InChI=1S/C20H22O5/c1-19-6-5-11(21)9-8-25-18(15(9)19)17(24)14-10-3-4-13(23)20(10,2)7-12(22)16(14)19/h8,10-12,21-22H,3-7H2,1-2H3/t10?,11-,12-,19-,20-/m0/s1. The minimum absolute atomic E-state index is 0.142. The molecule has 1 unspecified atom stereocenters. The highest BCUT2D eigenvalue weighted by Crippen LogP contribution is 2.61. The fourth-order valence-corrected chi connectivity index (χ4v) is 6.06. The zero-order valence-electron chi connectivity index (χ0n) is 14.5. The first kappa shape index (κ1) is 15.5. The molecule has 1 aromatic rings. The summed E-state index contributed by atoms with van der Waals surface area (Å²) in [5, 5.41) is 21.3. The molecule has 1 aromatic heterocycles. The molecule has 4 aliphatic carbocycles. The molecule has 0 spiro atoms. The monoisotopic (exact) mass is 342 g/mol. The van der Waals surface area contributed by atoms with Crippen molar-refractivity contribution < 1.29 is 24.2 Å². The highest BCUT2D eigenvalue weighted by atomic mass is 16.3. The van der Waals surface area contributed by atoms with Gasteiger partial charge in [0.2, 0.25) is 5.78 Å². The van der Waals surface area contributed by atoms with Gasteiger partial charge in [0.25, 0.3) is 0 Å². The molecule has 1 heterocycles. The maximum atomic E-state index is 13.3. The van der Waals surface area contributed by atoms with Crippen LogP contribution in [0.15, 0.2) is 21.8 Å². The summed E-state index contributed by atoms with van der Waals surface area (Å²) in [5.74, 6) is 0.0978. The molecule has 0 radical (unpaired) electrons. The van der Waals surface area contributed by atoms with E-state index in [1.807, 2.05) is 13.8 Å². The average Bonchev–Trinajstić information content (AvgIpc) is 3.12. The minimum atomic E-state index is -0.807. The fraction of sp³-hybridized carbons (Fsp3) is 0.600. The smallest absolute Gasteiger partial charge is 0.224 e. The van der Waals surface area contributed by atoms with Crippen LogP contribution in [0, 0.1) is 11.3 Å². The van der Waals surface area contributed by atoms with Crippen molar-refractivity contribution in [2.75, 3.05) is 0 Å².